The van der Waals surface area contributed by atoms with Gasteiger partial charge in [-0.25, -0.2) is 9.18 Å². The molecule has 1 aliphatic rings. The Morgan fingerprint density at radius 3 is 2.88 bits per heavy atom. The SMILES string of the molecule is Cc1ccc(F)c(NC(=O)NC(C)c2ccc3c(c2)NC(=O)CO3)c1. The smallest absolute Gasteiger partial charge is 0.319 e. The van der Waals surface area contributed by atoms with Crippen LogP contribution in [-0.4, -0.2) is 18.5 Å². The summed E-state index contributed by atoms with van der Waals surface area (Å²) in [6.45, 7) is 3.60. The molecule has 6 nitrogen and oxygen atoms in total. The zero-order valence-electron chi connectivity index (χ0n) is 13.9. The van der Waals surface area contributed by atoms with Crippen molar-refractivity contribution in [2.45, 2.75) is 19.9 Å². The van der Waals surface area contributed by atoms with Crippen molar-refractivity contribution in [3.8, 4) is 5.75 Å². The first-order valence-electron chi connectivity index (χ1n) is 7.82. The number of ether oxygens (including phenoxy) is 1. The van der Waals surface area contributed by atoms with Crippen molar-refractivity contribution in [2.75, 3.05) is 17.2 Å². The molecule has 2 aromatic rings. The summed E-state index contributed by atoms with van der Waals surface area (Å²) in [6, 6.07) is 8.91. The molecule has 3 N–H and O–H groups in total. The summed E-state index contributed by atoms with van der Waals surface area (Å²) < 4.78 is 19.0. The van der Waals surface area contributed by atoms with Crippen molar-refractivity contribution >= 4 is 23.3 Å². The van der Waals surface area contributed by atoms with Crippen LogP contribution in [0.4, 0.5) is 20.6 Å². The predicted molar refractivity (Wildman–Crippen MR) is 92.3 cm³/mol. The number of aryl methyl sites for hydroxylation is 1. The lowest BCUT2D eigenvalue weighted by atomic mass is 10.1. The Morgan fingerprint density at radius 2 is 2.08 bits per heavy atom. The fourth-order valence-corrected chi connectivity index (χ4v) is 2.54. The second-order valence-electron chi connectivity index (χ2n) is 5.90. The molecule has 1 atom stereocenters. The minimum atomic E-state index is -0.519. The molecule has 25 heavy (non-hydrogen) atoms. The van der Waals surface area contributed by atoms with Gasteiger partial charge in [0.05, 0.1) is 17.4 Å². The maximum atomic E-state index is 13.7. The molecule has 0 aliphatic carbocycles. The van der Waals surface area contributed by atoms with Gasteiger partial charge in [0.2, 0.25) is 0 Å². The minimum absolute atomic E-state index is 0.00931. The fraction of sp³-hybridized carbons (Fsp3) is 0.222. The van der Waals surface area contributed by atoms with E-state index >= 15 is 0 Å². The van der Waals surface area contributed by atoms with Crippen LogP contribution in [0.3, 0.4) is 0 Å². The molecule has 0 radical (unpaired) electrons. The highest BCUT2D eigenvalue weighted by molar-refractivity contribution is 5.95. The molecule has 130 valence electrons. The predicted octanol–water partition coefficient (Wildman–Crippen LogP) is 3.35. The molecular formula is C18H18FN3O3. The second-order valence-corrected chi connectivity index (χ2v) is 5.90. The van der Waals surface area contributed by atoms with Crippen LogP contribution in [0.5, 0.6) is 5.75 Å². The molecule has 0 aromatic heterocycles. The average Bonchev–Trinajstić information content (AvgIpc) is 2.57. The van der Waals surface area contributed by atoms with Crippen molar-refractivity contribution in [3.63, 3.8) is 0 Å². The van der Waals surface area contributed by atoms with E-state index in [1.807, 2.05) is 6.92 Å². The molecule has 0 bridgehead atoms. The second kappa shape index (κ2) is 6.80. The van der Waals surface area contributed by atoms with Crippen LogP contribution in [-0.2, 0) is 4.79 Å². The van der Waals surface area contributed by atoms with Gasteiger partial charge in [-0.05, 0) is 49.2 Å². The van der Waals surface area contributed by atoms with Gasteiger partial charge >= 0.3 is 6.03 Å². The molecule has 3 amide bonds. The topological polar surface area (TPSA) is 79.5 Å². The first-order chi connectivity index (χ1) is 11.9. The number of hydrogen-bond acceptors (Lipinski definition) is 3. The molecule has 0 fully saturated rings. The normalized spacial score (nSPS) is 14.0. The highest BCUT2D eigenvalue weighted by Gasteiger charge is 2.18. The number of fused-ring (bicyclic) bond motifs is 1. The number of nitrogens with one attached hydrogen (secondary N) is 3. The van der Waals surface area contributed by atoms with Gasteiger partial charge < -0.3 is 20.7 Å². The number of rotatable bonds is 3. The third-order valence-electron chi connectivity index (χ3n) is 3.85. The van der Waals surface area contributed by atoms with E-state index in [-0.39, 0.29) is 24.2 Å². The number of amides is 3. The van der Waals surface area contributed by atoms with Crippen LogP contribution in [0.15, 0.2) is 36.4 Å². The van der Waals surface area contributed by atoms with Gasteiger partial charge in [-0.1, -0.05) is 12.1 Å². The van der Waals surface area contributed by atoms with E-state index < -0.39 is 11.8 Å². The highest BCUT2D eigenvalue weighted by atomic mass is 19.1. The van der Waals surface area contributed by atoms with Gasteiger partial charge in [-0.15, -0.1) is 0 Å². The fourth-order valence-electron chi connectivity index (χ4n) is 2.54. The minimum Gasteiger partial charge on any atom is -0.482 e. The van der Waals surface area contributed by atoms with Gasteiger partial charge in [-0.3, -0.25) is 4.79 Å². The van der Waals surface area contributed by atoms with E-state index in [0.29, 0.717) is 11.4 Å². The standard InChI is InChI=1S/C18H18FN3O3/c1-10-3-5-13(19)14(7-10)22-18(24)20-11(2)12-4-6-16-15(8-12)21-17(23)9-25-16/h3-8,11H,9H2,1-2H3,(H,21,23)(H2,20,22,24). The molecule has 1 aliphatic heterocycles. The molecule has 2 aromatic carbocycles. The summed E-state index contributed by atoms with van der Waals surface area (Å²) in [5, 5.41) is 7.96. The molecular weight excluding hydrogens is 325 g/mol. The molecule has 1 heterocycles. The molecule has 1 unspecified atom stereocenters. The Labute approximate surface area is 144 Å². The number of carbonyl (C=O) groups is 2. The average molecular weight is 343 g/mol. The van der Waals surface area contributed by atoms with E-state index in [4.69, 9.17) is 4.74 Å². The van der Waals surface area contributed by atoms with Gasteiger partial charge in [-0.2, -0.15) is 0 Å². The summed E-state index contributed by atoms with van der Waals surface area (Å²) in [4.78, 5) is 23.5. The third kappa shape index (κ3) is 3.88. The molecule has 0 saturated carbocycles. The van der Waals surface area contributed by atoms with E-state index in [9.17, 15) is 14.0 Å². The summed E-state index contributed by atoms with van der Waals surface area (Å²) in [5.41, 5.74) is 2.31. The van der Waals surface area contributed by atoms with Gasteiger partial charge in [0.15, 0.2) is 6.61 Å². The van der Waals surface area contributed by atoms with Crippen LogP contribution in [0, 0.1) is 12.7 Å². The lowest BCUT2D eigenvalue weighted by Gasteiger charge is -2.21. The van der Waals surface area contributed by atoms with Crippen molar-refractivity contribution in [1.29, 1.82) is 0 Å². The van der Waals surface area contributed by atoms with Gasteiger partial charge in [0.25, 0.3) is 5.91 Å². The monoisotopic (exact) mass is 343 g/mol. The van der Waals surface area contributed by atoms with Crippen LogP contribution in [0.25, 0.3) is 0 Å². The van der Waals surface area contributed by atoms with E-state index in [0.717, 1.165) is 11.1 Å². The van der Waals surface area contributed by atoms with Gasteiger partial charge in [0, 0.05) is 0 Å². The van der Waals surface area contributed by atoms with E-state index in [2.05, 4.69) is 16.0 Å². The first-order valence-corrected chi connectivity index (χ1v) is 7.82. The van der Waals surface area contributed by atoms with Gasteiger partial charge in [0.1, 0.15) is 11.6 Å². The Kier molecular flexibility index (Phi) is 4.56. The maximum absolute atomic E-state index is 13.7. The zero-order chi connectivity index (χ0) is 18.0. The van der Waals surface area contributed by atoms with Crippen LogP contribution < -0.4 is 20.7 Å². The summed E-state index contributed by atoms with van der Waals surface area (Å²) in [5.74, 6) is -0.137. The van der Waals surface area contributed by atoms with Crippen LogP contribution >= 0.6 is 0 Å². The van der Waals surface area contributed by atoms with Crippen LogP contribution in [0.2, 0.25) is 0 Å². The number of anilines is 2. The van der Waals surface area contributed by atoms with Crippen molar-refractivity contribution < 1.29 is 18.7 Å². The highest BCUT2D eigenvalue weighted by Crippen LogP contribution is 2.30. The number of halogens is 1. The molecule has 7 heteroatoms. The van der Waals surface area contributed by atoms with E-state index in [1.165, 1.54) is 6.07 Å². The Bertz CT molecular complexity index is 838. The lowest BCUT2D eigenvalue weighted by molar-refractivity contribution is -0.118. The summed E-state index contributed by atoms with van der Waals surface area (Å²) in [7, 11) is 0. The van der Waals surface area contributed by atoms with Crippen LogP contribution in [0.1, 0.15) is 24.1 Å². The largest absolute Gasteiger partial charge is 0.482 e. The molecule has 0 spiro atoms. The Morgan fingerprint density at radius 1 is 1.28 bits per heavy atom. The van der Waals surface area contributed by atoms with Crippen molar-refractivity contribution in [3.05, 3.63) is 53.3 Å². The number of benzene rings is 2. The molecule has 3 rings (SSSR count). The first kappa shape index (κ1) is 16.8. The molecule has 0 saturated heterocycles. The number of urea groups is 1. The summed E-state index contributed by atoms with van der Waals surface area (Å²) >= 11 is 0. The number of hydrogen-bond donors (Lipinski definition) is 3. The third-order valence-corrected chi connectivity index (χ3v) is 3.85. The van der Waals surface area contributed by atoms with Crippen molar-refractivity contribution in [1.82, 2.24) is 5.32 Å². The Hall–Kier alpha value is -3.09. The number of carbonyl (C=O) groups excluding carboxylic acids is 2. The lowest BCUT2D eigenvalue weighted by Crippen LogP contribution is -2.31. The Balaban J connectivity index is 1.68. The summed E-state index contributed by atoms with van der Waals surface area (Å²) in [6.07, 6.45) is 0. The van der Waals surface area contributed by atoms with Crippen molar-refractivity contribution in [2.24, 2.45) is 0 Å². The zero-order valence-corrected chi connectivity index (χ0v) is 13.9. The van der Waals surface area contributed by atoms with E-state index in [1.54, 1.807) is 37.3 Å². The quantitative estimate of drug-likeness (QED) is 0.800. The maximum Gasteiger partial charge on any atom is 0.319 e.